The van der Waals surface area contributed by atoms with Crippen LogP contribution in [0.4, 0.5) is 5.69 Å². The molecule has 218 valence electrons. The first-order chi connectivity index (χ1) is 19.5. The summed E-state index contributed by atoms with van der Waals surface area (Å²) >= 11 is 0. The quantitative estimate of drug-likeness (QED) is 0.346. The third kappa shape index (κ3) is 7.97. The van der Waals surface area contributed by atoms with Crippen LogP contribution >= 0.6 is 0 Å². The van der Waals surface area contributed by atoms with Crippen molar-refractivity contribution in [2.24, 2.45) is 0 Å². The first kappa shape index (κ1) is 30.3. The number of rotatable bonds is 11. The maximum absolute atomic E-state index is 14.3. The maximum atomic E-state index is 14.3. The Labute approximate surface area is 244 Å². The molecule has 1 atom stereocenters. The zero-order chi connectivity index (χ0) is 29.6. The lowest BCUT2D eigenvalue weighted by atomic mass is 10.0. The molecule has 1 aliphatic rings. The Morgan fingerprint density at radius 3 is 2.17 bits per heavy atom. The average molecular weight is 576 g/mol. The molecule has 0 unspecified atom stereocenters. The molecule has 0 aromatic heterocycles. The standard InChI is InChI=1S/C33H41N3O4S/c1-24-18-19-30(20-26(24)3)36(41(4,39)40)23-32(37)35(22-28-15-9-8-12-25(28)2)31(21-27-13-6-5-7-14-27)33(38)34-29-16-10-11-17-29/h5-9,12-15,18-20,29,31H,10-11,16-17,21-23H2,1-4H3,(H,34,38)/t31-/m0/s1. The summed E-state index contributed by atoms with van der Waals surface area (Å²) in [5, 5.41) is 3.20. The van der Waals surface area contributed by atoms with Crippen molar-refractivity contribution in [3.8, 4) is 0 Å². The first-order valence-electron chi connectivity index (χ1n) is 14.3. The summed E-state index contributed by atoms with van der Waals surface area (Å²) in [6, 6.07) is 22.0. The molecular weight excluding hydrogens is 534 g/mol. The fraction of sp³-hybridized carbons (Fsp3) is 0.394. The van der Waals surface area contributed by atoms with E-state index >= 15 is 0 Å². The third-order valence-corrected chi connectivity index (χ3v) is 9.17. The zero-order valence-corrected chi connectivity index (χ0v) is 25.3. The van der Waals surface area contributed by atoms with Crippen LogP contribution in [-0.4, -0.2) is 50.0 Å². The Bertz CT molecular complexity index is 1470. The number of amides is 2. The highest BCUT2D eigenvalue weighted by Gasteiger charge is 2.34. The number of hydrogen-bond donors (Lipinski definition) is 1. The normalized spacial score (nSPS) is 14.4. The Morgan fingerprint density at radius 1 is 0.878 bits per heavy atom. The van der Waals surface area contributed by atoms with E-state index in [0.717, 1.165) is 64.1 Å². The minimum atomic E-state index is -3.80. The van der Waals surface area contributed by atoms with Gasteiger partial charge in [-0.15, -0.1) is 0 Å². The summed E-state index contributed by atoms with van der Waals surface area (Å²) in [4.78, 5) is 29.7. The second kappa shape index (κ2) is 13.3. The largest absolute Gasteiger partial charge is 0.352 e. The van der Waals surface area contributed by atoms with Crippen molar-refractivity contribution in [3.63, 3.8) is 0 Å². The molecule has 7 nitrogen and oxygen atoms in total. The van der Waals surface area contributed by atoms with Gasteiger partial charge >= 0.3 is 0 Å². The van der Waals surface area contributed by atoms with Crippen molar-refractivity contribution >= 4 is 27.5 Å². The Kier molecular flexibility index (Phi) is 9.86. The Morgan fingerprint density at radius 2 is 1.54 bits per heavy atom. The predicted octanol–water partition coefficient (Wildman–Crippen LogP) is 5.08. The first-order valence-corrected chi connectivity index (χ1v) is 16.1. The van der Waals surface area contributed by atoms with Gasteiger partial charge in [-0.2, -0.15) is 0 Å². The van der Waals surface area contributed by atoms with E-state index in [1.165, 1.54) is 0 Å². The summed E-state index contributed by atoms with van der Waals surface area (Å²) in [7, 11) is -3.80. The fourth-order valence-electron chi connectivity index (χ4n) is 5.39. The highest BCUT2D eigenvalue weighted by atomic mass is 32.2. The molecule has 0 heterocycles. The highest BCUT2D eigenvalue weighted by molar-refractivity contribution is 7.92. The molecule has 0 bridgehead atoms. The second-order valence-electron chi connectivity index (χ2n) is 11.2. The molecule has 3 aromatic carbocycles. The molecule has 0 aliphatic heterocycles. The van der Waals surface area contributed by atoms with Gasteiger partial charge in [0, 0.05) is 19.0 Å². The summed E-state index contributed by atoms with van der Waals surface area (Å²) in [6.07, 6.45) is 5.40. The number of carbonyl (C=O) groups is 2. The van der Waals surface area contributed by atoms with Gasteiger partial charge in [0.05, 0.1) is 11.9 Å². The third-order valence-electron chi connectivity index (χ3n) is 8.03. The number of hydrogen-bond acceptors (Lipinski definition) is 4. The minimum Gasteiger partial charge on any atom is -0.352 e. The monoisotopic (exact) mass is 575 g/mol. The smallest absolute Gasteiger partial charge is 0.244 e. The number of anilines is 1. The second-order valence-corrected chi connectivity index (χ2v) is 13.1. The Balaban J connectivity index is 1.74. The van der Waals surface area contributed by atoms with Crippen molar-refractivity contribution < 1.29 is 18.0 Å². The van der Waals surface area contributed by atoms with Gasteiger partial charge in [0.15, 0.2) is 0 Å². The van der Waals surface area contributed by atoms with Gasteiger partial charge in [0.1, 0.15) is 12.6 Å². The van der Waals surface area contributed by atoms with Gasteiger partial charge < -0.3 is 10.2 Å². The van der Waals surface area contributed by atoms with E-state index in [1.54, 1.807) is 17.0 Å². The highest BCUT2D eigenvalue weighted by Crippen LogP contribution is 2.24. The van der Waals surface area contributed by atoms with Crippen LogP contribution in [0.3, 0.4) is 0 Å². The Hall–Kier alpha value is -3.65. The van der Waals surface area contributed by atoms with E-state index in [9.17, 15) is 18.0 Å². The number of nitrogens with zero attached hydrogens (tertiary/aromatic N) is 2. The van der Waals surface area contributed by atoms with Gasteiger partial charge in [-0.3, -0.25) is 13.9 Å². The van der Waals surface area contributed by atoms with Crippen LogP contribution in [0.5, 0.6) is 0 Å². The van der Waals surface area contributed by atoms with E-state index < -0.39 is 28.5 Å². The van der Waals surface area contributed by atoms with Crippen molar-refractivity contribution in [1.29, 1.82) is 0 Å². The van der Waals surface area contributed by atoms with Crippen LogP contribution in [0.25, 0.3) is 0 Å². The number of benzene rings is 3. The van der Waals surface area contributed by atoms with Crippen LogP contribution in [0, 0.1) is 20.8 Å². The molecule has 1 aliphatic carbocycles. The van der Waals surface area contributed by atoms with Gasteiger partial charge in [-0.1, -0.05) is 73.5 Å². The number of nitrogens with one attached hydrogen (secondary N) is 1. The van der Waals surface area contributed by atoms with Crippen LogP contribution < -0.4 is 9.62 Å². The van der Waals surface area contributed by atoms with E-state index in [2.05, 4.69) is 5.32 Å². The predicted molar refractivity (Wildman–Crippen MR) is 164 cm³/mol. The van der Waals surface area contributed by atoms with Gasteiger partial charge in [0.25, 0.3) is 0 Å². The average Bonchev–Trinajstić information content (AvgIpc) is 3.44. The van der Waals surface area contributed by atoms with Crippen molar-refractivity contribution in [3.05, 3.63) is 101 Å². The zero-order valence-electron chi connectivity index (χ0n) is 24.5. The molecule has 1 N–H and O–H groups in total. The minimum absolute atomic E-state index is 0.0826. The number of aryl methyl sites for hydroxylation is 3. The molecule has 0 radical (unpaired) electrons. The van der Waals surface area contributed by atoms with Crippen molar-refractivity contribution in [2.45, 2.75) is 71.5 Å². The number of sulfonamides is 1. The van der Waals surface area contributed by atoms with Crippen molar-refractivity contribution in [1.82, 2.24) is 10.2 Å². The van der Waals surface area contributed by atoms with Crippen LogP contribution in [0.15, 0.2) is 72.8 Å². The van der Waals surface area contributed by atoms with Crippen LogP contribution in [0.2, 0.25) is 0 Å². The topological polar surface area (TPSA) is 86.8 Å². The van der Waals surface area contributed by atoms with E-state index in [0.29, 0.717) is 12.1 Å². The molecular formula is C33H41N3O4S. The van der Waals surface area contributed by atoms with Gasteiger partial charge in [0.2, 0.25) is 21.8 Å². The summed E-state index contributed by atoms with van der Waals surface area (Å²) < 4.78 is 27.1. The van der Waals surface area contributed by atoms with Crippen LogP contribution in [-0.2, 0) is 32.6 Å². The fourth-order valence-corrected chi connectivity index (χ4v) is 6.23. The van der Waals surface area contributed by atoms with E-state index in [-0.39, 0.29) is 18.5 Å². The maximum Gasteiger partial charge on any atom is 0.244 e. The SMILES string of the molecule is Cc1ccc(N(CC(=O)N(Cc2ccccc2C)[C@@H](Cc2ccccc2)C(=O)NC2CCCC2)S(C)(=O)=O)cc1C. The lowest BCUT2D eigenvalue weighted by Gasteiger charge is -2.34. The summed E-state index contributed by atoms with van der Waals surface area (Å²) in [6.45, 7) is 5.62. The summed E-state index contributed by atoms with van der Waals surface area (Å²) in [5.74, 6) is -0.640. The van der Waals surface area contributed by atoms with E-state index in [4.69, 9.17) is 0 Å². The number of carbonyl (C=O) groups excluding carboxylic acids is 2. The van der Waals surface area contributed by atoms with Crippen LogP contribution in [0.1, 0.15) is 53.5 Å². The molecule has 1 fully saturated rings. The van der Waals surface area contributed by atoms with Crippen molar-refractivity contribution in [2.75, 3.05) is 17.1 Å². The molecule has 1 saturated carbocycles. The van der Waals surface area contributed by atoms with E-state index in [1.807, 2.05) is 81.4 Å². The van der Waals surface area contributed by atoms with Gasteiger partial charge in [-0.25, -0.2) is 8.42 Å². The molecule has 41 heavy (non-hydrogen) atoms. The van der Waals surface area contributed by atoms with Gasteiger partial charge in [-0.05, 0) is 73.6 Å². The molecule has 4 rings (SSSR count). The molecule has 8 heteroatoms. The molecule has 3 aromatic rings. The molecule has 2 amide bonds. The molecule has 0 saturated heterocycles. The molecule has 0 spiro atoms. The lowest BCUT2D eigenvalue weighted by molar-refractivity contribution is -0.140. The lowest BCUT2D eigenvalue weighted by Crippen LogP contribution is -2.54. The summed E-state index contributed by atoms with van der Waals surface area (Å²) in [5.41, 5.74) is 5.21.